The van der Waals surface area contributed by atoms with Gasteiger partial charge >= 0.3 is 5.97 Å². The standard InChI is InChI=1S/C20H23NO6S/c1-20(2)13-15-5-4-6-17(18(15)27-20)26-12-11-21-28(23,24)16-9-7-14(8-10-16)19(22)25-3/h4-10,21H,11-13H2,1-3H3. The van der Waals surface area contributed by atoms with E-state index in [2.05, 4.69) is 9.46 Å². The van der Waals surface area contributed by atoms with Crippen LogP contribution in [0.4, 0.5) is 0 Å². The number of esters is 1. The van der Waals surface area contributed by atoms with E-state index in [1.807, 2.05) is 26.0 Å². The highest BCUT2D eigenvalue weighted by Crippen LogP contribution is 2.41. The summed E-state index contributed by atoms with van der Waals surface area (Å²) in [5, 5.41) is 0. The maximum Gasteiger partial charge on any atom is 0.337 e. The summed E-state index contributed by atoms with van der Waals surface area (Å²) >= 11 is 0. The van der Waals surface area contributed by atoms with Gasteiger partial charge in [0.1, 0.15) is 12.2 Å². The molecule has 7 nitrogen and oxygen atoms in total. The number of sulfonamides is 1. The van der Waals surface area contributed by atoms with Gasteiger partial charge in [0.2, 0.25) is 10.0 Å². The van der Waals surface area contributed by atoms with Crippen molar-refractivity contribution < 1.29 is 27.4 Å². The van der Waals surface area contributed by atoms with Crippen molar-refractivity contribution in [3.63, 3.8) is 0 Å². The summed E-state index contributed by atoms with van der Waals surface area (Å²) < 4.78 is 43.5. The second-order valence-electron chi connectivity index (χ2n) is 7.05. The molecular formula is C20H23NO6S. The number of carbonyl (C=O) groups excluding carboxylic acids is 1. The number of rotatable bonds is 7. The molecule has 1 N–H and O–H groups in total. The molecule has 3 rings (SSSR count). The van der Waals surface area contributed by atoms with E-state index in [-0.39, 0.29) is 29.2 Å². The molecule has 150 valence electrons. The molecule has 8 heteroatoms. The van der Waals surface area contributed by atoms with Crippen LogP contribution >= 0.6 is 0 Å². The zero-order chi connectivity index (χ0) is 20.4. The molecule has 0 bridgehead atoms. The Morgan fingerprint density at radius 3 is 2.57 bits per heavy atom. The lowest BCUT2D eigenvalue weighted by atomic mass is 10.0. The molecule has 1 aliphatic rings. The zero-order valence-electron chi connectivity index (χ0n) is 16.0. The normalized spacial score (nSPS) is 14.8. The Labute approximate surface area is 164 Å². The second-order valence-corrected chi connectivity index (χ2v) is 8.81. The molecule has 0 spiro atoms. The third-order valence-corrected chi connectivity index (χ3v) is 5.77. The van der Waals surface area contributed by atoms with E-state index in [0.717, 1.165) is 12.0 Å². The molecule has 0 aliphatic carbocycles. The van der Waals surface area contributed by atoms with Crippen LogP contribution in [0.2, 0.25) is 0 Å². The van der Waals surface area contributed by atoms with Gasteiger partial charge in [0.25, 0.3) is 0 Å². The van der Waals surface area contributed by atoms with Crippen LogP contribution < -0.4 is 14.2 Å². The van der Waals surface area contributed by atoms with E-state index in [0.29, 0.717) is 11.5 Å². The van der Waals surface area contributed by atoms with Gasteiger partial charge in [-0.3, -0.25) is 0 Å². The lowest BCUT2D eigenvalue weighted by Crippen LogP contribution is -2.28. The maximum atomic E-state index is 12.4. The van der Waals surface area contributed by atoms with Gasteiger partial charge in [0.15, 0.2) is 11.5 Å². The van der Waals surface area contributed by atoms with Crippen LogP contribution in [0.15, 0.2) is 47.4 Å². The fourth-order valence-electron chi connectivity index (χ4n) is 3.01. The minimum absolute atomic E-state index is 0.0610. The third kappa shape index (κ3) is 4.45. The Morgan fingerprint density at radius 2 is 1.89 bits per heavy atom. The highest BCUT2D eigenvalue weighted by molar-refractivity contribution is 7.89. The lowest BCUT2D eigenvalue weighted by Gasteiger charge is -2.18. The van der Waals surface area contributed by atoms with E-state index < -0.39 is 16.0 Å². The number of fused-ring (bicyclic) bond motifs is 1. The molecule has 0 unspecified atom stereocenters. The number of ether oxygens (including phenoxy) is 3. The highest BCUT2D eigenvalue weighted by Gasteiger charge is 2.32. The number of para-hydroxylation sites is 1. The monoisotopic (exact) mass is 405 g/mol. The molecule has 1 aliphatic heterocycles. The number of hydrogen-bond donors (Lipinski definition) is 1. The zero-order valence-corrected chi connectivity index (χ0v) is 16.8. The smallest absolute Gasteiger partial charge is 0.337 e. The minimum atomic E-state index is -3.71. The van der Waals surface area contributed by atoms with Crippen molar-refractivity contribution in [2.24, 2.45) is 0 Å². The summed E-state index contributed by atoms with van der Waals surface area (Å²) in [6, 6.07) is 11.2. The molecule has 0 saturated carbocycles. The van der Waals surface area contributed by atoms with Gasteiger partial charge in [-0.2, -0.15) is 0 Å². The molecule has 2 aromatic carbocycles. The average molecular weight is 405 g/mol. The Bertz CT molecular complexity index is 967. The van der Waals surface area contributed by atoms with Crippen molar-refractivity contribution in [1.29, 1.82) is 0 Å². The topological polar surface area (TPSA) is 90.9 Å². The molecule has 0 radical (unpaired) electrons. The lowest BCUT2D eigenvalue weighted by molar-refractivity contribution is 0.0600. The van der Waals surface area contributed by atoms with Gasteiger partial charge in [0, 0.05) is 18.5 Å². The number of carbonyl (C=O) groups is 1. The van der Waals surface area contributed by atoms with Crippen molar-refractivity contribution in [3.8, 4) is 11.5 Å². The summed E-state index contributed by atoms with van der Waals surface area (Å²) in [6.07, 6.45) is 0.799. The first-order valence-corrected chi connectivity index (χ1v) is 10.3. The Balaban J connectivity index is 1.57. The maximum absolute atomic E-state index is 12.4. The van der Waals surface area contributed by atoms with Crippen LogP contribution in [0.3, 0.4) is 0 Å². The van der Waals surface area contributed by atoms with Gasteiger partial charge < -0.3 is 14.2 Å². The van der Waals surface area contributed by atoms with E-state index in [9.17, 15) is 13.2 Å². The number of benzene rings is 2. The average Bonchev–Trinajstić information content (AvgIpc) is 2.99. The third-order valence-electron chi connectivity index (χ3n) is 4.29. The van der Waals surface area contributed by atoms with Crippen molar-refractivity contribution in [2.45, 2.75) is 30.8 Å². The van der Waals surface area contributed by atoms with Crippen molar-refractivity contribution in [3.05, 3.63) is 53.6 Å². The summed E-state index contributed by atoms with van der Waals surface area (Å²) in [6.45, 7) is 4.26. The van der Waals surface area contributed by atoms with E-state index in [1.54, 1.807) is 6.07 Å². The molecule has 0 saturated heterocycles. The fraction of sp³-hybridized carbons (Fsp3) is 0.350. The van der Waals surface area contributed by atoms with Crippen LogP contribution in [0.25, 0.3) is 0 Å². The van der Waals surface area contributed by atoms with Gasteiger partial charge in [0.05, 0.1) is 17.6 Å². The van der Waals surface area contributed by atoms with Gasteiger partial charge in [-0.1, -0.05) is 12.1 Å². The number of methoxy groups -OCH3 is 1. The molecule has 28 heavy (non-hydrogen) atoms. The molecule has 0 amide bonds. The fourth-order valence-corrected chi connectivity index (χ4v) is 4.02. The van der Waals surface area contributed by atoms with Crippen LogP contribution in [0.5, 0.6) is 11.5 Å². The predicted molar refractivity (Wildman–Crippen MR) is 103 cm³/mol. The summed E-state index contributed by atoms with van der Waals surface area (Å²) in [5.74, 6) is 0.796. The number of hydrogen-bond acceptors (Lipinski definition) is 6. The Hall–Kier alpha value is -2.58. The SMILES string of the molecule is COC(=O)c1ccc(S(=O)(=O)NCCOc2cccc3c2OC(C)(C)C3)cc1. The quantitative estimate of drug-likeness (QED) is 0.562. The molecule has 1 heterocycles. The van der Waals surface area contributed by atoms with Crippen LogP contribution in [0, 0.1) is 0 Å². The van der Waals surface area contributed by atoms with Gasteiger partial charge in [-0.25, -0.2) is 17.9 Å². The molecule has 0 atom stereocenters. The van der Waals surface area contributed by atoms with E-state index in [1.165, 1.54) is 31.4 Å². The Morgan fingerprint density at radius 1 is 1.18 bits per heavy atom. The van der Waals surface area contributed by atoms with E-state index in [4.69, 9.17) is 9.47 Å². The predicted octanol–water partition coefficient (Wildman–Crippen LogP) is 2.54. The van der Waals surface area contributed by atoms with Gasteiger partial charge in [-0.15, -0.1) is 0 Å². The van der Waals surface area contributed by atoms with E-state index >= 15 is 0 Å². The largest absolute Gasteiger partial charge is 0.488 e. The van der Waals surface area contributed by atoms with Crippen molar-refractivity contribution >= 4 is 16.0 Å². The summed E-state index contributed by atoms with van der Waals surface area (Å²) in [7, 11) is -2.44. The molecule has 0 fully saturated rings. The molecule has 0 aromatic heterocycles. The van der Waals surface area contributed by atoms with Gasteiger partial charge in [-0.05, 0) is 44.2 Å². The summed E-state index contributed by atoms with van der Waals surface area (Å²) in [5.41, 5.74) is 1.08. The first kappa shape index (κ1) is 20.2. The molecular weight excluding hydrogens is 382 g/mol. The van der Waals surface area contributed by atoms with Crippen molar-refractivity contribution in [1.82, 2.24) is 4.72 Å². The van der Waals surface area contributed by atoms with Crippen LogP contribution in [0.1, 0.15) is 29.8 Å². The molecule has 2 aromatic rings. The van der Waals surface area contributed by atoms with Crippen LogP contribution in [-0.2, 0) is 21.2 Å². The van der Waals surface area contributed by atoms with Crippen LogP contribution in [-0.4, -0.2) is 40.2 Å². The first-order valence-electron chi connectivity index (χ1n) is 8.84. The van der Waals surface area contributed by atoms with Crippen molar-refractivity contribution in [2.75, 3.05) is 20.3 Å². The number of nitrogens with one attached hydrogen (secondary N) is 1. The summed E-state index contributed by atoms with van der Waals surface area (Å²) in [4.78, 5) is 11.5. The second kappa shape index (κ2) is 7.81. The minimum Gasteiger partial charge on any atom is -0.488 e. The first-order chi connectivity index (χ1) is 13.2. The Kier molecular flexibility index (Phi) is 5.62. The highest BCUT2D eigenvalue weighted by atomic mass is 32.2.